The molecule has 12 nitrogen and oxygen atoms in total. The summed E-state index contributed by atoms with van der Waals surface area (Å²) < 4.78 is 25.2. The van der Waals surface area contributed by atoms with Crippen LogP contribution in [0.15, 0.2) is 64.0 Å². The number of carbonyl (C=O) groups is 2. The highest BCUT2D eigenvalue weighted by molar-refractivity contribution is 5.99. The maximum absolute atomic E-state index is 15.1. The monoisotopic (exact) mass is 534 g/mol. The molecule has 0 radical (unpaired) electrons. The maximum Gasteiger partial charge on any atom is 0.272 e. The smallest absolute Gasteiger partial charge is 0.272 e. The van der Waals surface area contributed by atoms with Gasteiger partial charge in [0.1, 0.15) is 23.8 Å². The number of piperazine rings is 1. The standard InChI is InChI=1S/C26H27FN8O4/c1-16(31-25(36)24-20(28)3-2-7-29-24)26(37)35-10-8-34(9-11-35)22-5-4-17(13-19(22)27)21-14-18(39-32-21)15-30-23-6-12-38-33-23/h2-7,12-14,16H,8-11,15,28H2,1H3,(H,30,33)(H,31,36)/t16-/m1/s1. The summed E-state index contributed by atoms with van der Waals surface area (Å²) in [5.74, 6) is -0.00856. The third-order valence-corrected chi connectivity index (χ3v) is 6.39. The molecule has 1 fully saturated rings. The lowest BCUT2D eigenvalue weighted by molar-refractivity contribution is -0.133. The molecule has 202 valence electrons. The number of nitrogens with one attached hydrogen (secondary N) is 2. The highest BCUT2D eigenvalue weighted by Gasteiger charge is 2.28. The fourth-order valence-corrected chi connectivity index (χ4v) is 4.31. The Balaban J connectivity index is 1.15. The molecular formula is C26H27FN8O4. The van der Waals surface area contributed by atoms with Gasteiger partial charge in [-0.25, -0.2) is 9.37 Å². The van der Waals surface area contributed by atoms with Crippen molar-refractivity contribution in [1.82, 2.24) is 25.5 Å². The Hall–Kier alpha value is -4.94. The van der Waals surface area contributed by atoms with E-state index in [9.17, 15) is 9.59 Å². The van der Waals surface area contributed by atoms with E-state index in [4.69, 9.17) is 14.8 Å². The van der Waals surface area contributed by atoms with Crippen LogP contribution in [0.1, 0.15) is 23.2 Å². The van der Waals surface area contributed by atoms with Crippen LogP contribution in [0.4, 0.5) is 21.6 Å². The summed E-state index contributed by atoms with van der Waals surface area (Å²) in [5.41, 5.74) is 7.64. The van der Waals surface area contributed by atoms with E-state index >= 15 is 4.39 Å². The fraction of sp³-hybridized carbons (Fsp3) is 0.269. The van der Waals surface area contributed by atoms with Gasteiger partial charge in [-0.1, -0.05) is 16.4 Å². The molecule has 1 saturated heterocycles. The van der Waals surface area contributed by atoms with Crippen molar-refractivity contribution < 1.29 is 23.0 Å². The molecule has 4 N–H and O–H groups in total. The van der Waals surface area contributed by atoms with Crippen molar-refractivity contribution in [2.75, 3.05) is 42.1 Å². The van der Waals surface area contributed by atoms with E-state index in [1.807, 2.05) is 4.90 Å². The van der Waals surface area contributed by atoms with E-state index in [1.165, 1.54) is 18.5 Å². The van der Waals surface area contributed by atoms with Crippen LogP contribution in [-0.4, -0.2) is 64.2 Å². The Morgan fingerprint density at radius 2 is 1.95 bits per heavy atom. The second kappa shape index (κ2) is 11.2. The predicted molar refractivity (Wildman–Crippen MR) is 140 cm³/mol. The third kappa shape index (κ3) is 5.81. The first kappa shape index (κ1) is 25.7. The van der Waals surface area contributed by atoms with Crippen molar-refractivity contribution in [3.05, 3.63) is 72.2 Å². The Morgan fingerprint density at radius 1 is 1.13 bits per heavy atom. The van der Waals surface area contributed by atoms with Crippen LogP contribution in [0.3, 0.4) is 0 Å². The van der Waals surface area contributed by atoms with Gasteiger partial charge in [0.2, 0.25) is 5.91 Å². The summed E-state index contributed by atoms with van der Waals surface area (Å²) in [6, 6.07) is 10.7. The van der Waals surface area contributed by atoms with E-state index in [1.54, 1.807) is 48.2 Å². The molecule has 0 bridgehead atoms. The molecule has 5 rings (SSSR count). The van der Waals surface area contributed by atoms with Gasteiger partial charge < -0.3 is 35.2 Å². The lowest BCUT2D eigenvalue weighted by Crippen LogP contribution is -2.54. The van der Waals surface area contributed by atoms with Crippen LogP contribution in [-0.2, 0) is 11.3 Å². The summed E-state index contributed by atoms with van der Waals surface area (Å²) in [5, 5.41) is 13.5. The molecule has 4 aromatic rings. The molecule has 1 atom stereocenters. The number of rotatable bonds is 8. The van der Waals surface area contributed by atoms with Crippen molar-refractivity contribution in [1.29, 1.82) is 0 Å². The Bertz CT molecular complexity index is 1450. The zero-order valence-electron chi connectivity index (χ0n) is 21.1. The first-order chi connectivity index (χ1) is 18.9. The number of amides is 2. The van der Waals surface area contributed by atoms with Crippen LogP contribution < -0.4 is 21.3 Å². The van der Waals surface area contributed by atoms with Gasteiger partial charge >= 0.3 is 0 Å². The van der Waals surface area contributed by atoms with Crippen molar-refractivity contribution in [2.24, 2.45) is 0 Å². The summed E-state index contributed by atoms with van der Waals surface area (Å²) in [6.07, 6.45) is 2.92. The van der Waals surface area contributed by atoms with Crippen molar-refractivity contribution in [3.8, 4) is 11.3 Å². The molecule has 0 aliphatic carbocycles. The molecule has 1 aliphatic rings. The fourth-order valence-electron chi connectivity index (χ4n) is 4.31. The molecular weight excluding hydrogens is 507 g/mol. The average molecular weight is 535 g/mol. The first-order valence-electron chi connectivity index (χ1n) is 12.3. The van der Waals surface area contributed by atoms with Crippen LogP contribution in [0.25, 0.3) is 11.3 Å². The number of hydrogen-bond acceptors (Lipinski definition) is 10. The van der Waals surface area contributed by atoms with Gasteiger partial charge in [0.05, 0.1) is 17.9 Å². The molecule has 1 aromatic carbocycles. The minimum Gasteiger partial charge on any atom is -0.397 e. The lowest BCUT2D eigenvalue weighted by Gasteiger charge is -2.37. The van der Waals surface area contributed by atoms with E-state index in [0.717, 1.165) is 0 Å². The van der Waals surface area contributed by atoms with Crippen LogP contribution in [0.2, 0.25) is 0 Å². The second-order valence-corrected chi connectivity index (χ2v) is 9.03. The molecule has 1 aliphatic heterocycles. The highest BCUT2D eigenvalue weighted by atomic mass is 19.1. The minimum atomic E-state index is -0.764. The number of nitrogens with two attached hydrogens (primary N) is 1. The number of hydrogen-bond donors (Lipinski definition) is 3. The van der Waals surface area contributed by atoms with Gasteiger partial charge in [-0.15, -0.1) is 0 Å². The zero-order valence-corrected chi connectivity index (χ0v) is 21.1. The minimum absolute atomic E-state index is 0.0750. The van der Waals surface area contributed by atoms with Crippen molar-refractivity contribution in [2.45, 2.75) is 19.5 Å². The quantitative estimate of drug-likeness (QED) is 0.307. The number of anilines is 3. The van der Waals surface area contributed by atoms with Gasteiger partial charge in [0.25, 0.3) is 5.91 Å². The molecule has 2 amide bonds. The molecule has 4 heterocycles. The predicted octanol–water partition coefficient (Wildman–Crippen LogP) is 2.53. The summed E-state index contributed by atoms with van der Waals surface area (Å²) >= 11 is 0. The van der Waals surface area contributed by atoms with Crippen molar-refractivity contribution >= 4 is 29.0 Å². The summed E-state index contributed by atoms with van der Waals surface area (Å²) in [6.45, 7) is 3.62. The Labute approximate surface area is 222 Å². The maximum atomic E-state index is 15.1. The number of halogens is 1. The number of aromatic nitrogens is 3. The summed E-state index contributed by atoms with van der Waals surface area (Å²) in [7, 11) is 0. The number of benzene rings is 1. The van der Waals surface area contributed by atoms with E-state index < -0.39 is 17.8 Å². The number of nitrogens with zero attached hydrogens (tertiary/aromatic N) is 5. The number of pyridine rings is 1. The van der Waals surface area contributed by atoms with Crippen LogP contribution in [0.5, 0.6) is 0 Å². The molecule has 0 unspecified atom stereocenters. The molecule has 0 spiro atoms. The van der Waals surface area contributed by atoms with Gasteiger partial charge in [0.15, 0.2) is 17.3 Å². The second-order valence-electron chi connectivity index (χ2n) is 9.03. The van der Waals surface area contributed by atoms with E-state index in [-0.39, 0.29) is 17.3 Å². The molecule has 3 aromatic heterocycles. The molecule has 13 heteroatoms. The Morgan fingerprint density at radius 3 is 2.67 bits per heavy atom. The normalized spacial score (nSPS) is 14.2. The highest BCUT2D eigenvalue weighted by Crippen LogP contribution is 2.27. The van der Waals surface area contributed by atoms with E-state index in [2.05, 4.69) is 25.9 Å². The SMILES string of the molecule is C[C@@H](NC(=O)c1ncccc1N)C(=O)N1CCN(c2ccc(-c3cc(CNc4ccon4)on3)cc2F)CC1. The van der Waals surface area contributed by atoms with Gasteiger partial charge in [0, 0.05) is 50.1 Å². The first-order valence-corrected chi connectivity index (χ1v) is 12.3. The largest absolute Gasteiger partial charge is 0.397 e. The van der Waals surface area contributed by atoms with Crippen molar-refractivity contribution in [3.63, 3.8) is 0 Å². The molecule has 0 saturated carbocycles. The van der Waals surface area contributed by atoms with E-state index in [0.29, 0.717) is 61.2 Å². The number of nitrogen functional groups attached to an aromatic ring is 1. The van der Waals surface area contributed by atoms with Crippen LogP contribution >= 0.6 is 0 Å². The molecule has 39 heavy (non-hydrogen) atoms. The topological polar surface area (TPSA) is 156 Å². The lowest BCUT2D eigenvalue weighted by atomic mass is 10.1. The van der Waals surface area contributed by atoms with Crippen LogP contribution in [0, 0.1) is 5.82 Å². The average Bonchev–Trinajstić information content (AvgIpc) is 3.64. The number of carbonyl (C=O) groups excluding carboxylic acids is 2. The van der Waals surface area contributed by atoms with Gasteiger partial charge in [-0.2, -0.15) is 0 Å². The van der Waals surface area contributed by atoms with Gasteiger partial charge in [-0.05, 0) is 31.2 Å². The summed E-state index contributed by atoms with van der Waals surface area (Å²) in [4.78, 5) is 32.9. The third-order valence-electron chi connectivity index (χ3n) is 6.39. The Kier molecular flexibility index (Phi) is 7.39. The zero-order chi connectivity index (χ0) is 27.4. The van der Waals surface area contributed by atoms with Gasteiger partial charge in [-0.3, -0.25) is 9.59 Å².